The van der Waals surface area contributed by atoms with Crippen molar-refractivity contribution in [3.05, 3.63) is 30.0 Å². The van der Waals surface area contributed by atoms with E-state index in [2.05, 4.69) is 18.8 Å². The molecule has 4 heteroatoms. The molecule has 0 atom stereocenters. The average molecular weight is 234 g/mol. The number of carboxylic acids is 1. The molecule has 0 saturated carbocycles. The zero-order valence-electron chi connectivity index (χ0n) is 10.4. The summed E-state index contributed by atoms with van der Waals surface area (Å²) < 4.78 is 0. The minimum absolute atomic E-state index is 0.526. The molecular formula is C13H18N2O2. The highest BCUT2D eigenvalue weighted by Gasteiger charge is 2.08. The molecule has 0 fully saturated rings. The van der Waals surface area contributed by atoms with Gasteiger partial charge in [0.1, 0.15) is 5.82 Å². The molecule has 0 aliphatic heterocycles. The molecule has 4 nitrogen and oxygen atoms in total. The van der Waals surface area contributed by atoms with Crippen molar-refractivity contribution in [3.8, 4) is 0 Å². The van der Waals surface area contributed by atoms with Gasteiger partial charge in [0.25, 0.3) is 0 Å². The fourth-order valence-electron chi connectivity index (χ4n) is 1.65. The lowest BCUT2D eigenvalue weighted by Gasteiger charge is -2.21. The Hall–Kier alpha value is -1.84. The molecule has 92 valence electrons. The van der Waals surface area contributed by atoms with E-state index in [-0.39, 0.29) is 0 Å². The Labute approximate surface area is 102 Å². The van der Waals surface area contributed by atoms with Crippen molar-refractivity contribution in [2.75, 3.05) is 18.5 Å². The highest BCUT2D eigenvalue weighted by molar-refractivity contribution is 5.86. The van der Waals surface area contributed by atoms with Crippen LogP contribution in [0.25, 0.3) is 6.08 Å². The van der Waals surface area contributed by atoms with E-state index < -0.39 is 5.97 Å². The van der Waals surface area contributed by atoms with Crippen LogP contribution in [-0.2, 0) is 4.79 Å². The van der Waals surface area contributed by atoms with Crippen LogP contribution >= 0.6 is 0 Å². The van der Waals surface area contributed by atoms with Gasteiger partial charge in [0.2, 0.25) is 0 Å². The van der Waals surface area contributed by atoms with Gasteiger partial charge in [-0.05, 0) is 24.1 Å². The van der Waals surface area contributed by atoms with Crippen LogP contribution < -0.4 is 4.90 Å². The number of aromatic nitrogens is 1. The van der Waals surface area contributed by atoms with Crippen LogP contribution in [0.2, 0.25) is 0 Å². The molecular weight excluding hydrogens is 216 g/mol. The number of nitrogens with zero attached hydrogens (tertiary/aromatic N) is 2. The highest BCUT2D eigenvalue weighted by Crippen LogP contribution is 2.18. The van der Waals surface area contributed by atoms with Gasteiger partial charge in [-0.25, -0.2) is 9.78 Å². The average Bonchev–Trinajstić information content (AvgIpc) is 2.25. The first-order chi connectivity index (χ1) is 8.00. The van der Waals surface area contributed by atoms with Gasteiger partial charge in [-0.3, -0.25) is 0 Å². The molecule has 0 radical (unpaired) electrons. The highest BCUT2D eigenvalue weighted by atomic mass is 16.4. The number of hydrogen-bond donors (Lipinski definition) is 1. The van der Waals surface area contributed by atoms with Crippen molar-refractivity contribution in [2.45, 2.75) is 13.8 Å². The first-order valence-electron chi connectivity index (χ1n) is 5.58. The molecule has 0 amide bonds. The summed E-state index contributed by atoms with van der Waals surface area (Å²) in [6.07, 6.45) is 4.41. The molecule has 0 unspecified atom stereocenters. The number of aliphatic carboxylic acids is 1. The third-order valence-electron chi connectivity index (χ3n) is 2.22. The molecule has 1 aromatic rings. The molecule has 1 N–H and O–H groups in total. The lowest BCUT2D eigenvalue weighted by atomic mass is 10.2. The lowest BCUT2D eigenvalue weighted by Crippen LogP contribution is -2.24. The summed E-state index contributed by atoms with van der Waals surface area (Å²) in [6.45, 7) is 5.14. The summed E-state index contributed by atoms with van der Waals surface area (Å²) in [7, 11) is 1.96. The van der Waals surface area contributed by atoms with Gasteiger partial charge < -0.3 is 10.0 Å². The monoisotopic (exact) mass is 234 g/mol. The summed E-state index contributed by atoms with van der Waals surface area (Å²) in [5.74, 6) is 0.378. The van der Waals surface area contributed by atoms with Gasteiger partial charge in [-0.2, -0.15) is 0 Å². The Bertz CT molecular complexity index is 414. The number of carboxylic acid groups (broad SMARTS) is 1. The summed E-state index contributed by atoms with van der Waals surface area (Å²) in [6, 6.07) is 3.66. The smallest absolute Gasteiger partial charge is 0.328 e. The molecule has 1 aromatic heterocycles. The van der Waals surface area contributed by atoms with Crippen LogP contribution in [0.15, 0.2) is 24.4 Å². The molecule has 0 aliphatic carbocycles. The fraction of sp³-hybridized carbons (Fsp3) is 0.385. The Balaban J connectivity index is 2.95. The number of carbonyl (C=O) groups is 1. The molecule has 1 heterocycles. The maximum absolute atomic E-state index is 10.5. The summed E-state index contributed by atoms with van der Waals surface area (Å²) in [5, 5.41) is 8.63. The van der Waals surface area contributed by atoms with Gasteiger partial charge in [0.05, 0.1) is 0 Å². The third kappa shape index (κ3) is 4.26. The summed E-state index contributed by atoms with van der Waals surface area (Å²) in [4.78, 5) is 16.8. The minimum Gasteiger partial charge on any atom is -0.478 e. The minimum atomic E-state index is -0.952. The van der Waals surface area contributed by atoms with Crippen LogP contribution in [0.5, 0.6) is 0 Å². The van der Waals surface area contributed by atoms with E-state index in [1.165, 1.54) is 0 Å². The van der Waals surface area contributed by atoms with E-state index in [0.717, 1.165) is 24.0 Å². The predicted molar refractivity (Wildman–Crippen MR) is 69.0 cm³/mol. The van der Waals surface area contributed by atoms with E-state index >= 15 is 0 Å². The zero-order valence-corrected chi connectivity index (χ0v) is 10.4. The maximum Gasteiger partial charge on any atom is 0.328 e. The molecule has 0 aliphatic rings. The van der Waals surface area contributed by atoms with Crippen LogP contribution in [0, 0.1) is 5.92 Å². The van der Waals surface area contributed by atoms with Crippen LogP contribution in [-0.4, -0.2) is 29.7 Å². The molecule has 17 heavy (non-hydrogen) atoms. The van der Waals surface area contributed by atoms with E-state index in [1.807, 2.05) is 18.0 Å². The lowest BCUT2D eigenvalue weighted by molar-refractivity contribution is -0.131. The first kappa shape index (κ1) is 13.2. The molecule has 0 spiro atoms. The Morgan fingerprint density at radius 3 is 2.88 bits per heavy atom. The van der Waals surface area contributed by atoms with Crippen molar-refractivity contribution in [1.82, 2.24) is 4.98 Å². The van der Waals surface area contributed by atoms with Crippen molar-refractivity contribution >= 4 is 17.9 Å². The van der Waals surface area contributed by atoms with Crippen molar-refractivity contribution in [3.63, 3.8) is 0 Å². The van der Waals surface area contributed by atoms with Crippen LogP contribution in [0.4, 0.5) is 5.82 Å². The van der Waals surface area contributed by atoms with Gasteiger partial charge in [0.15, 0.2) is 0 Å². The van der Waals surface area contributed by atoms with E-state index in [4.69, 9.17) is 5.11 Å². The van der Waals surface area contributed by atoms with E-state index in [0.29, 0.717) is 5.92 Å². The van der Waals surface area contributed by atoms with Crippen LogP contribution in [0.3, 0.4) is 0 Å². The summed E-state index contributed by atoms with van der Waals surface area (Å²) >= 11 is 0. The third-order valence-corrected chi connectivity index (χ3v) is 2.22. The quantitative estimate of drug-likeness (QED) is 0.794. The SMILES string of the molecule is CC(C)CN(C)c1ncccc1/C=C/C(=O)O. The van der Waals surface area contributed by atoms with Gasteiger partial charge in [-0.15, -0.1) is 0 Å². The van der Waals surface area contributed by atoms with Crippen molar-refractivity contribution < 1.29 is 9.90 Å². The molecule has 0 bridgehead atoms. The Kier molecular flexibility index (Phi) is 4.69. The van der Waals surface area contributed by atoms with Gasteiger partial charge in [0, 0.05) is 31.4 Å². The molecule has 0 saturated heterocycles. The Morgan fingerprint density at radius 1 is 1.59 bits per heavy atom. The number of anilines is 1. The fourth-order valence-corrected chi connectivity index (χ4v) is 1.65. The largest absolute Gasteiger partial charge is 0.478 e. The second kappa shape index (κ2) is 6.03. The van der Waals surface area contributed by atoms with Gasteiger partial charge in [-0.1, -0.05) is 13.8 Å². The van der Waals surface area contributed by atoms with E-state index in [1.54, 1.807) is 18.3 Å². The predicted octanol–water partition coefficient (Wildman–Crippen LogP) is 2.27. The maximum atomic E-state index is 10.5. The second-order valence-corrected chi connectivity index (χ2v) is 4.36. The summed E-state index contributed by atoms with van der Waals surface area (Å²) in [5.41, 5.74) is 0.818. The van der Waals surface area contributed by atoms with Crippen molar-refractivity contribution in [1.29, 1.82) is 0 Å². The molecule has 0 aromatic carbocycles. The standard InChI is InChI=1S/C13H18N2O2/c1-10(2)9-15(3)13-11(5-4-8-14-13)6-7-12(16)17/h4-8,10H,9H2,1-3H3,(H,16,17)/b7-6+. The Morgan fingerprint density at radius 2 is 2.29 bits per heavy atom. The number of hydrogen-bond acceptors (Lipinski definition) is 3. The molecule has 1 rings (SSSR count). The number of rotatable bonds is 5. The number of pyridine rings is 1. The second-order valence-electron chi connectivity index (χ2n) is 4.36. The van der Waals surface area contributed by atoms with E-state index in [9.17, 15) is 4.79 Å². The zero-order chi connectivity index (χ0) is 12.8. The first-order valence-corrected chi connectivity index (χ1v) is 5.58. The normalized spacial score (nSPS) is 11.1. The van der Waals surface area contributed by atoms with Crippen molar-refractivity contribution in [2.24, 2.45) is 5.92 Å². The van der Waals surface area contributed by atoms with Gasteiger partial charge >= 0.3 is 5.97 Å². The topological polar surface area (TPSA) is 53.4 Å². The van der Waals surface area contributed by atoms with Crippen LogP contribution in [0.1, 0.15) is 19.4 Å².